The Labute approximate surface area is 169 Å². The Hall–Kier alpha value is -2.93. The maximum atomic E-state index is 14.5. The SMILES string of the molecule is CCN(CC)CCOc1ccc(-c2nc3ccc(C4=NCCN4)cc3[nH]2)cc1F. The summed E-state index contributed by atoms with van der Waals surface area (Å²) >= 11 is 0. The number of aliphatic imine (C=N–C) groups is 1. The van der Waals surface area contributed by atoms with Gasteiger partial charge in [0, 0.05) is 24.2 Å². The van der Waals surface area contributed by atoms with Crippen LogP contribution in [0.15, 0.2) is 41.4 Å². The zero-order valence-corrected chi connectivity index (χ0v) is 16.8. The van der Waals surface area contributed by atoms with Gasteiger partial charge in [0.05, 0.1) is 17.6 Å². The Morgan fingerprint density at radius 2 is 1.93 bits per heavy atom. The molecule has 152 valence electrons. The molecule has 0 radical (unpaired) electrons. The molecule has 0 unspecified atom stereocenters. The second-order valence-corrected chi connectivity index (χ2v) is 6.99. The number of ether oxygens (including phenoxy) is 1. The zero-order valence-electron chi connectivity index (χ0n) is 16.8. The Balaban J connectivity index is 1.50. The van der Waals surface area contributed by atoms with Crippen molar-refractivity contribution in [3.63, 3.8) is 0 Å². The highest BCUT2D eigenvalue weighted by Crippen LogP contribution is 2.26. The minimum atomic E-state index is -0.382. The molecule has 0 saturated heterocycles. The lowest BCUT2D eigenvalue weighted by atomic mass is 10.2. The maximum absolute atomic E-state index is 14.5. The molecule has 1 aliphatic heterocycles. The number of benzene rings is 2. The van der Waals surface area contributed by atoms with Crippen molar-refractivity contribution in [2.45, 2.75) is 13.8 Å². The van der Waals surface area contributed by atoms with Gasteiger partial charge in [0.15, 0.2) is 11.6 Å². The summed E-state index contributed by atoms with van der Waals surface area (Å²) in [7, 11) is 0. The summed E-state index contributed by atoms with van der Waals surface area (Å²) in [5.74, 6) is 1.42. The van der Waals surface area contributed by atoms with Crippen LogP contribution < -0.4 is 10.1 Å². The molecule has 2 N–H and O–H groups in total. The number of hydrogen-bond donors (Lipinski definition) is 2. The molecule has 2 aromatic carbocycles. The highest BCUT2D eigenvalue weighted by Gasteiger charge is 2.13. The summed E-state index contributed by atoms with van der Waals surface area (Å²) in [4.78, 5) is 14.6. The second-order valence-electron chi connectivity index (χ2n) is 6.99. The van der Waals surface area contributed by atoms with Gasteiger partial charge in [0.25, 0.3) is 0 Å². The zero-order chi connectivity index (χ0) is 20.2. The third kappa shape index (κ3) is 4.24. The van der Waals surface area contributed by atoms with E-state index in [1.807, 2.05) is 24.3 Å². The van der Waals surface area contributed by atoms with Gasteiger partial charge in [0.2, 0.25) is 0 Å². The fourth-order valence-electron chi connectivity index (χ4n) is 3.47. The Morgan fingerprint density at radius 1 is 1.10 bits per heavy atom. The van der Waals surface area contributed by atoms with Crippen LogP contribution >= 0.6 is 0 Å². The van der Waals surface area contributed by atoms with Crippen molar-refractivity contribution in [2.75, 3.05) is 39.3 Å². The Bertz CT molecular complexity index is 1030. The lowest BCUT2D eigenvalue weighted by molar-refractivity contribution is 0.217. The van der Waals surface area contributed by atoms with Crippen molar-refractivity contribution in [1.82, 2.24) is 20.2 Å². The molecule has 0 atom stereocenters. The number of nitrogens with zero attached hydrogens (tertiary/aromatic N) is 3. The molecule has 4 rings (SSSR count). The largest absolute Gasteiger partial charge is 0.489 e. The molecular weight excluding hydrogens is 369 g/mol. The number of H-pyrrole nitrogens is 1. The van der Waals surface area contributed by atoms with Gasteiger partial charge in [-0.1, -0.05) is 13.8 Å². The summed E-state index contributed by atoms with van der Waals surface area (Å²) in [5, 5.41) is 3.27. The van der Waals surface area contributed by atoms with Gasteiger partial charge in [-0.25, -0.2) is 9.37 Å². The average molecular weight is 395 g/mol. The van der Waals surface area contributed by atoms with E-state index in [4.69, 9.17) is 4.74 Å². The molecule has 1 aliphatic rings. The van der Waals surface area contributed by atoms with Crippen molar-refractivity contribution >= 4 is 16.9 Å². The van der Waals surface area contributed by atoms with E-state index in [9.17, 15) is 4.39 Å². The van der Waals surface area contributed by atoms with E-state index in [0.29, 0.717) is 18.0 Å². The molecule has 0 saturated carbocycles. The number of rotatable bonds is 8. The van der Waals surface area contributed by atoms with E-state index < -0.39 is 0 Å². The quantitative estimate of drug-likeness (QED) is 0.613. The summed E-state index contributed by atoms with van der Waals surface area (Å²) < 4.78 is 20.2. The van der Waals surface area contributed by atoms with Gasteiger partial charge in [-0.15, -0.1) is 0 Å². The van der Waals surface area contributed by atoms with Crippen LogP contribution in [0.4, 0.5) is 4.39 Å². The lowest BCUT2D eigenvalue weighted by Gasteiger charge is -2.18. The monoisotopic (exact) mass is 395 g/mol. The van der Waals surface area contributed by atoms with Crippen LogP contribution in [0.25, 0.3) is 22.4 Å². The first-order chi connectivity index (χ1) is 14.2. The second kappa shape index (κ2) is 8.61. The molecule has 0 aliphatic carbocycles. The van der Waals surface area contributed by atoms with E-state index in [2.05, 4.69) is 39.0 Å². The van der Waals surface area contributed by atoms with Gasteiger partial charge >= 0.3 is 0 Å². The summed E-state index contributed by atoms with van der Waals surface area (Å²) in [6, 6.07) is 10.9. The number of aromatic nitrogens is 2. The lowest BCUT2D eigenvalue weighted by Crippen LogP contribution is -2.28. The number of fused-ring (bicyclic) bond motifs is 1. The fourth-order valence-corrected chi connectivity index (χ4v) is 3.47. The van der Waals surface area contributed by atoms with Crippen LogP contribution in [-0.2, 0) is 0 Å². The molecule has 7 heteroatoms. The topological polar surface area (TPSA) is 65.5 Å². The van der Waals surface area contributed by atoms with Crippen LogP contribution in [-0.4, -0.2) is 60.0 Å². The van der Waals surface area contributed by atoms with Crippen molar-refractivity contribution in [3.05, 3.63) is 47.8 Å². The third-order valence-corrected chi connectivity index (χ3v) is 5.19. The highest BCUT2D eigenvalue weighted by atomic mass is 19.1. The number of likely N-dealkylation sites (N-methyl/N-ethyl adjacent to an activating group) is 1. The van der Waals surface area contributed by atoms with E-state index >= 15 is 0 Å². The van der Waals surface area contributed by atoms with E-state index in [1.165, 1.54) is 6.07 Å². The number of amidine groups is 1. The Morgan fingerprint density at radius 3 is 2.66 bits per heavy atom. The van der Waals surface area contributed by atoms with Crippen molar-refractivity contribution in [3.8, 4) is 17.1 Å². The first-order valence-electron chi connectivity index (χ1n) is 10.1. The smallest absolute Gasteiger partial charge is 0.165 e. The van der Waals surface area contributed by atoms with Crippen molar-refractivity contribution in [1.29, 1.82) is 0 Å². The first kappa shape index (κ1) is 19.4. The normalized spacial score (nSPS) is 13.7. The van der Waals surface area contributed by atoms with Gasteiger partial charge in [-0.2, -0.15) is 0 Å². The molecule has 0 spiro atoms. The highest BCUT2D eigenvalue weighted by molar-refractivity contribution is 6.02. The molecule has 6 nitrogen and oxygen atoms in total. The van der Waals surface area contributed by atoms with Crippen molar-refractivity contribution < 1.29 is 9.13 Å². The molecule has 3 aromatic rings. The molecule has 1 aromatic heterocycles. The predicted octanol–water partition coefficient (Wildman–Crippen LogP) is 3.44. The molecule has 2 heterocycles. The molecule has 0 fully saturated rings. The van der Waals surface area contributed by atoms with E-state index in [1.54, 1.807) is 6.07 Å². The minimum Gasteiger partial charge on any atom is -0.489 e. The first-order valence-corrected chi connectivity index (χ1v) is 10.1. The summed E-state index contributed by atoms with van der Waals surface area (Å²) in [6.45, 7) is 9.02. The maximum Gasteiger partial charge on any atom is 0.165 e. The van der Waals surface area contributed by atoms with Gasteiger partial charge < -0.3 is 19.9 Å². The minimum absolute atomic E-state index is 0.268. The molecule has 0 amide bonds. The molecular formula is C22H26FN5O. The Kier molecular flexibility index (Phi) is 5.76. The predicted molar refractivity (Wildman–Crippen MR) is 114 cm³/mol. The third-order valence-electron chi connectivity index (χ3n) is 5.19. The fraction of sp³-hybridized carbons (Fsp3) is 0.364. The van der Waals surface area contributed by atoms with E-state index in [0.717, 1.165) is 55.2 Å². The number of hydrogen-bond acceptors (Lipinski definition) is 5. The standard InChI is InChI=1S/C22H26FN5O/c1-3-28(4-2)11-12-29-20-8-6-15(13-17(20)23)22-26-18-7-5-16(14-19(18)27-22)21-24-9-10-25-21/h5-8,13-14H,3-4,9-12H2,1-2H3,(H,24,25)(H,26,27). The van der Waals surface area contributed by atoms with Gasteiger partial charge in [-0.3, -0.25) is 4.99 Å². The van der Waals surface area contributed by atoms with Crippen LogP contribution in [0, 0.1) is 5.82 Å². The number of aromatic amines is 1. The molecule has 29 heavy (non-hydrogen) atoms. The van der Waals surface area contributed by atoms with Crippen LogP contribution in [0.1, 0.15) is 19.4 Å². The van der Waals surface area contributed by atoms with Gasteiger partial charge in [-0.05, 0) is 49.5 Å². The number of imidazole rings is 1. The van der Waals surface area contributed by atoms with Crippen molar-refractivity contribution in [2.24, 2.45) is 4.99 Å². The van der Waals surface area contributed by atoms with E-state index in [-0.39, 0.29) is 11.6 Å². The van der Waals surface area contributed by atoms with Crippen LogP contribution in [0.5, 0.6) is 5.75 Å². The summed E-state index contributed by atoms with van der Waals surface area (Å²) in [6.07, 6.45) is 0. The average Bonchev–Trinajstić information content (AvgIpc) is 3.41. The molecule has 0 bridgehead atoms. The number of halogens is 1. The number of nitrogens with one attached hydrogen (secondary N) is 2. The van der Waals surface area contributed by atoms with Crippen LogP contribution in [0.2, 0.25) is 0 Å². The van der Waals surface area contributed by atoms with Crippen LogP contribution in [0.3, 0.4) is 0 Å². The summed E-state index contributed by atoms with van der Waals surface area (Å²) in [5.41, 5.74) is 3.44. The van der Waals surface area contributed by atoms with Gasteiger partial charge in [0.1, 0.15) is 18.3 Å².